The molecule has 3 N–H and O–H groups in total. The molecule has 4 aromatic rings. The van der Waals surface area contributed by atoms with Gasteiger partial charge in [-0.2, -0.15) is 5.10 Å². The first kappa shape index (κ1) is 30.7. The quantitative estimate of drug-likeness (QED) is 0.260. The van der Waals surface area contributed by atoms with Crippen LogP contribution in [0.2, 0.25) is 5.02 Å². The van der Waals surface area contributed by atoms with Gasteiger partial charge in [0.2, 0.25) is 11.8 Å². The van der Waals surface area contributed by atoms with Crippen molar-refractivity contribution in [2.75, 3.05) is 38.8 Å². The van der Waals surface area contributed by atoms with Crippen molar-refractivity contribution in [3.05, 3.63) is 89.6 Å². The first-order valence-electron chi connectivity index (χ1n) is 13.9. The van der Waals surface area contributed by atoms with Gasteiger partial charge in [0, 0.05) is 48.7 Å². The summed E-state index contributed by atoms with van der Waals surface area (Å²) in [6, 6.07) is 18.9. The molecule has 11 nitrogen and oxygen atoms in total. The molecule has 0 saturated carbocycles. The van der Waals surface area contributed by atoms with Crippen LogP contribution >= 0.6 is 11.6 Å². The Balaban J connectivity index is 1.34. The molecule has 3 amide bonds. The van der Waals surface area contributed by atoms with Gasteiger partial charge < -0.3 is 30.1 Å². The topological polar surface area (TPSA) is 135 Å². The highest BCUT2D eigenvalue weighted by Crippen LogP contribution is 2.37. The van der Waals surface area contributed by atoms with E-state index in [1.54, 1.807) is 60.3 Å². The molecule has 0 radical (unpaired) electrons. The van der Waals surface area contributed by atoms with E-state index in [-0.39, 0.29) is 32.1 Å². The van der Waals surface area contributed by atoms with E-state index in [0.29, 0.717) is 27.5 Å². The third-order valence-corrected chi connectivity index (χ3v) is 7.42. The SMILES string of the molecule is COCC(=O)N[C@@H](C(=O)N1CCOC[C@H]1C(=O)Nc1ccc(-c2cn(C)nc2-c2cc(Cl)ccc2O)cc1)c1ccccc1. The Morgan fingerprint density at radius 1 is 1.09 bits per heavy atom. The van der Waals surface area contributed by atoms with Crippen LogP contribution in [0.5, 0.6) is 5.75 Å². The number of halogens is 1. The minimum absolute atomic E-state index is 0.00531. The van der Waals surface area contributed by atoms with Crippen LogP contribution < -0.4 is 10.6 Å². The van der Waals surface area contributed by atoms with Crippen LogP contribution in [0.3, 0.4) is 0 Å². The molecule has 1 aliphatic rings. The molecule has 228 valence electrons. The molecule has 2 heterocycles. The first-order valence-corrected chi connectivity index (χ1v) is 14.3. The second kappa shape index (κ2) is 13.7. The van der Waals surface area contributed by atoms with Crippen LogP contribution in [0.15, 0.2) is 79.0 Å². The van der Waals surface area contributed by atoms with Crippen molar-refractivity contribution < 1.29 is 29.0 Å². The number of hydrogen-bond donors (Lipinski definition) is 3. The third kappa shape index (κ3) is 6.91. The van der Waals surface area contributed by atoms with E-state index in [1.165, 1.54) is 18.1 Å². The van der Waals surface area contributed by atoms with Gasteiger partial charge in [-0.05, 0) is 41.5 Å². The maximum absolute atomic E-state index is 13.8. The number of rotatable bonds is 9. The molecule has 0 aliphatic carbocycles. The molecule has 12 heteroatoms. The predicted octanol–water partition coefficient (Wildman–Crippen LogP) is 3.78. The fraction of sp³-hybridized carbons (Fsp3) is 0.250. The fourth-order valence-electron chi connectivity index (χ4n) is 5.07. The van der Waals surface area contributed by atoms with Gasteiger partial charge in [-0.25, -0.2) is 0 Å². The lowest BCUT2D eigenvalue weighted by molar-refractivity contribution is -0.149. The third-order valence-electron chi connectivity index (χ3n) is 7.18. The molecule has 1 aromatic heterocycles. The number of methoxy groups -OCH3 is 1. The van der Waals surface area contributed by atoms with E-state index in [1.807, 2.05) is 24.4 Å². The average molecular weight is 618 g/mol. The Hall–Kier alpha value is -4.71. The zero-order valence-electron chi connectivity index (χ0n) is 24.2. The number of nitrogens with zero attached hydrogens (tertiary/aromatic N) is 3. The number of carbonyl (C=O) groups is 3. The first-order chi connectivity index (χ1) is 21.2. The summed E-state index contributed by atoms with van der Waals surface area (Å²) < 4.78 is 12.2. The number of phenols is 1. The average Bonchev–Trinajstić information content (AvgIpc) is 3.42. The fourth-order valence-corrected chi connectivity index (χ4v) is 5.24. The number of aromatic nitrogens is 2. The van der Waals surface area contributed by atoms with E-state index in [2.05, 4.69) is 15.7 Å². The lowest BCUT2D eigenvalue weighted by Gasteiger charge is -2.37. The van der Waals surface area contributed by atoms with Crippen molar-refractivity contribution >= 4 is 35.0 Å². The summed E-state index contributed by atoms with van der Waals surface area (Å²) in [5, 5.41) is 21.1. The summed E-state index contributed by atoms with van der Waals surface area (Å²) in [5.41, 5.74) is 3.73. The number of aryl methyl sites for hydroxylation is 1. The van der Waals surface area contributed by atoms with E-state index in [0.717, 1.165) is 11.1 Å². The molecule has 1 fully saturated rings. The number of benzene rings is 3. The summed E-state index contributed by atoms with van der Waals surface area (Å²) >= 11 is 6.18. The van der Waals surface area contributed by atoms with Crippen molar-refractivity contribution in [3.8, 4) is 28.1 Å². The maximum Gasteiger partial charge on any atom is 0.250 e. The summed E-state index contributed by atoms with van der Waals surface area (Å²) in [6.07, 6.45) is 1.83. The molecule has 0 bridgehead atoms. The van der Waals surface area contributed by atoms with Crippen molar-refractivity contribution in [2.45, 2.75) is 12.1 Å². The molecular weight excluding hydrogens is 586 g/mol. The minimum Gasteiger partial charge on any atom is -0.507 e. The van der Waals surface area contributed by atoms with Crippen LogP contribution in [0.4, 0.5) is 5.69 Å². The summed E-state index contributed by atoms with van der Waals surface area (Å²) in [4.78, 5) is 41.1. The van der Waals surface area contributed by atoms with Gasteiger partial charge in [0.1, 0.15) is 30.1 Å². The van der Waals surface area contributed by atoms with Crippen LogP contribution in [-0.4, -0.2) is 77.0 Å². The number of phenolic OH excluding ortho intramolecular Hbond substituents is 1. The van der Waals surface area contributed by atoms with E-state index in [4.69, 9.17) is 21.1 Å². The summed E-state index contributed by atoms with van der Waals surface area (Å²) in [6.45, 7) is 0.235. The van der Waals surface area contributed by atoms with Gasteiger partial charge in [0.25, 0.3) is 5.91 Å². The minimum atomic E-state index is -1.00. The number of anilines is 1. The van der Waals surface area contributed by atoms with Crippen LogP contribution in [0, 0.1) is 0 Å². The lowest BCUT2D eigenvalue weighted by Crippen LogP contribution is -2.57. The van der Waals surface area contributed by atoms with Crippen LogP contribution in [-0.2, 0) is 30.9 Å². The molecule has 2 atom stereocenters. The Morgan fingerprint density at radius 2 is 1.84 bits per heavy atom. The monoisotopic (exact) mass is 617 g/mol. The standard InChI is InChI=1S/C32H32ClN5O6/c1-37-17-25(30(36-37)24-16-22(33)10-13-27(24)39)20-8-11-23(12-9-20)34-31(41)26-18-44-15-14-38(26)32(42)29(35-28(40)19-43-2)21-6-4-3-5-7-21/h3-13,16-17,26,29,39H,14-15,18-19H2,1-2H3,(H,34,41)(H,35,40)/t26-,29+/m0/s1. The molecular formula is C32H32ClN5O6. The summed E-state index contributed by atoms with van der Waals surface area (Å²) in [7, 11) is 3.18. The molecule has 3 aromatic carbocycles. The number of ether oxygens (including phenoxy) is 2. The van der Waals surface area contributed by atoms with Gasteiger partial charge in [0.05, 0.1) is 13.2 Å². The number of morpholine rings is 1. The normalized spacial score (nSPS) is 15.4. The molecule has 5 rings (SSSR count). The number of carbonyl (C=O) groups excluding carboxylic acids is 3. The van der Waals surface area contributed by atoms with E-state index in [9.17, 15) is 19.5 Å². The molecule has 1 aliphatic heterocycles. The number of amides is 3. The Labute approximate surface area is 259 Å². The van der Waals surface area contributed by atoms with Gasteiger partial charge in [-0.1, -0.05) is 54.1 Å². The largest absolute Gasteiger partial charge is 0.507 e. The van der Waals surface area contributed by atoms with Gasteiger partial charge in [-0.15, -0.1) is 0 Å². The van der Waals surface area contributed by atoms with E-state index >= 15 is 0 Å². The van der Waals surface area contributed by atoms with Crippen molar-refractivity contribution in [3.63, 3.8) is 0 Å². The van der Waals surface area contributed by atoms with Crippen LogP contribution in [0.1, 0.15) is 11.6 Å². The Bertz CT molecular complexity index is 1640. The van der Waals surface area contributed by atoms with Crippen molar-refractivity contribution in [1.82, 2.24) is 20.0 Å². The molecule has 1 saturated heterocycles. The Morgan fingerprint density at radius 3 is 2.57 bits per heavy atom. The lowest BCUT2D eigenvalue weighted by atomic mass is 10.0. The number of aromatic hydroxyl groups is 1. The van der Waals surface area contributed by atoms with Crippen molar-refractivity contribution in [1.29, 1.82) is 0 Å². The second-order valence-corrected chi connectivity index (χ2v) is 10.7. The predicted molar refractivity (Wildman–Crippen MR) is 165 cm³/mol. The maximum atomic E-state index is 13.8. The van der Waals surface area contributed by atoms with Crippen molar-refractivity contribution in [2.24, 2.45) is 7.05 Å². The smallest absolute Gasteiger partial charge is 0.250 e. The van der Waals surface area contributed by atoms with Gasteiger partial charge >= 0.3 is 0 Å². The second-order valence-electron chi connectivity index (χ2n) is 10.3. The van der Waals surface area contributed by atoms with Crippen LogP contribution in [0.25, 0.3) is 22.4 Å². The highest BCUT2D eigenvalue weighted by Gasteiger charge is 2.37. The molecule has 44 heavy (non-hydrogen) atoms. The molecule has 0 unspecified atom stereocenters. The number of nitrogens with one attached hydrogen (secondary N) is 2. The molecule has 0 spiro atoms. The Kier molecular flexibility index (Phi) is 9.59. The highest BCUT2D eigenvalue weighted by molar-refractivity contribution is 6.31. The van der Waals surface area contributed by atoms with Gasteiger partial charge in [0.15, 0.2) is 0 Å². The van der Waals surface area contributed by atoms with E-state index < -0.39 is 29.8 Å². The summed E-state index contributed by atoms with van der Waals surface area (Å²) in [5.74, 6) is -1.24. The van der Waals surface area contributed by atoms with Gasteiger partial charge in [-0.3, -0.25) is 19.1 Å². The number of hydrogen-bond acceptors (Lipinski definition) is 7. The highest BCUT2D eigenvalue weighted by atomic mass is 35.5. The zero-order valence-corrected chi connectivity index (χ0v) is 25.0. The zero-order chi connectivity index (χ0) is 31.2.